The highest BCUT2D eigenvalue weighted by molar-refractivity contribution is 6.32. The molecule has 0 saturated heterocycles. The SMILES string of the molecule is CCCc1ccc(C(=O)Nc2cccc3cc4cccc5c4c(c23)C(=O)N(CCN(C)C)C5=O)cc1. The van der Waals surface area contributed by atoms with E-state index >= 15 is 0 Å². The number of imide groups is 1. The van der Waals surface area contributed by atoms with Gasteiger partial charge in [-0.1, -0.05) is 49.7 Å². The van der Waals surface area contributed by atoms with Crippen molar-refractivity contribution < 1.29 is 14.4 Å². The predicted molar refractivity (Wildman–Crippen MR) is 144 cm³/mol. The van der Waals surface area contributed by atoms with Crippen LogP contribution in [-0.4, -0.2) is 54.7 Å². The number of amides is 3. The maximum absolute atomic E-state index is 13.8. The molecule has 0 radical (unpaired) electrons. The quantitative estimate of drug-likeness (QED) is 0.286. The topological polar surface area (TPSA) is 69.7 Å². The van der Waals surface area contributed by atoms with E-state index in [-0.39, 0.29) is 24.3 Å². The lowest BCUT2D eigenvalue weighted by atomic mass is 9.89. The molecule has 6 nitrogen and oxygen atoms in total. The van der Waals surface area contributed by atoms with Gasteiger partial charge in [-0.3, -0.25) is 19.3 Å². The van der Waals surface area contributed by atoms with Crippen molar-refractivity contribution in [1.29, 1.82) is 0 Å². The van der Waals surface area contributed by atoms with Crippen LogP contribution in [0.2, 0.25) is 0 Å². The number of fused-ring (bicyclic) bond motifs is 2. The number of hydrogen-bond donors (Lipinski definition) is 1. The van der Waals surface area contributed by atoms with Gasteiger partial charge < -0.3 is 10.2 Å². The zero-order valence-electron chi connectivity index (χ0n) is 20.8. The first-order valence-corrected chi connectivity index (χ1v) is 12.3. The molecular weight excluding hydrogens is 450 g/mol. The van der Waals surface area contributed by atoms with Crippen molar-refractivity contribution >= 4 is 45.0 Å². The first-order valence-electron chi connectivity index (χ1n) is 12.3. The minimum atomic E-state index is -0.332. The number of nitrogens with zero attached hydrogens (tertiary/aromatic N) is 2. The Kier molecular flexibility index (Phi) is 6.29. The van der Waals surface area contributed by atoms with Crippen LogP contribution < -0.4 is 5.32 Å². The lowest BCUT2D eigenvalue weighted by Gasteiger charge is -2.29. The van der Waals surface area contributed by atoms with Crippen LogP contribution in [0.3, 0.4) is 0 Å². The van der Waals surface area contributed by atoms with E-state index in [1.807, 2.05) is 79.7 Å². The second kappa shape index (κ2) is 9.55. The van der Waals surface area contributed by atoms with Crippen LogP contribution in [0.15, 0.2) is 66.7 Å². The van der Waals surface area contributed by atoms with Gasteiger partial charge in [0.25, 0.3) is 17.7 Å². The van der Waals surface area contributed by atoms with Gasteiger partial charge in [0.1, 0.15) is 0 Å². The smallest absolute Gasteiger partial charge is 0.262 e. The molecule has 1 heterocycles. The third-order valence-corrected chi connectivity index (χ3v) is 6.71. The summed E-state index contributed by atoms with van der Waals surface area (Å²) in [6, 6.07) is 20.7. The van der Waals surface area contributed by atoms with Gasteiger partial charge in [0.05, 0.1) is 5.56 Å². The summed E-state index contributed by atoms with van der Waals surface area (Å²) in [5.41, 5.74) is 3.27. The second-order valence-corrected chi connectivity index (χ2v) is 9.53. The largest absolute Gasteiger partial charge is 0.321 e. The molecule has 5 rings (SSSR count). The molecule has 36 heavy (non-hydrogen) atoms. The van der Waals surface area contributed by atoms with Gasteiger partial charge in [-0.2, -0.15) is 0 Å². The van der Waals surface area contributed by atoms with Crippen molar-refractivity contribution in [2.75, 3.05) is 32.5 Å². The normalized spacial score (nSPS) is 13.2. The Morgan fingerprint density at radius 1 is 0.889 bits per heavy atom. The molecule has 0 spiro atoms. The van der Waals surface area contributed by atoms with Crippen LogP contribution in [0.5, 0.6) is 0 Å². The third kappa shape index (κ3) is 4.14. The first-order chi connectivity index (χ1) is 17.4. The Morgan fingerprint density at radius 2 is 1.58 bits per heavy atom. The lowest BCUT2D eigenvalue weighted by molar-refractivity contribution is 0.0602. The minimum Gasteiger partial charge on any atom is -0.321 e. The van der Waals surface area contributed by atoms with Gasteiger partial charge in [0.2, 0.25) is 0 Å². The summed E-state index contributed by atoms with van der Waals surface area (Å²) in [7, 11) is 3.82. The standard InChI is InChI=1S/C30H29N3O3/c1-4-7-19-12-14-20(15-13-19)28(34)31-24-11-6-9-22-18-21-8-5-10-23-25(21)27(26(22)24)30(36)33(29(23)35)17-16-32(2)3/h5-6,8-15,18H,4,7,16-17H2,1-3H3,(H,31,34). The van der Waals surface area contributed by atoms with Gasteiger partial charge >= 0.3 is 0 Å². The highest BCUT2D eigenvalue weighted by Crippen LogP contribution is 2.39. The molecule has 1 aliphatic rings. The van der Waals surface area contributed by atoms with E-state index in [1.165, 1.54) is 10.5 Å². The molecule has 1 N–H and O–H groups in total. The molecule has 4 aromatic carbocycles. The maximum Gasteiger partial charge on any atom is 0.262 e. The zero-order chi connectivity index (χ0) is 25.4. The summed E-state index contributed by atoms with van der Waals surface area (Å²) in [6.45, 7) is 2.97. The Balaban J connectivity index is 1.63. The summed E-state index contributed by atoms with van der Waals surface area (Å²) < 4.78 is 0. The number of aryl methyl sites for hydroxylation is 1. The number of rotatable bonds is 7. The number of carbonyl (C=O) groups is 3. The number of nitrogens with one attached hydrogen (secondary N) is 1. The van der Waals surface area contributed by atoms with Crippen molar-refractivity contribution in [2.45, 2.75) is 19.8 Å². The number of anilines is 1. The molecule has 0 aromatic heterocycles. The number of likely N-dealkylation sites (N-methyl/N-ethyl adjacent to an activating group) is 1. The van der Waals surface area contributed by atoms with Crippen molar-refractivity contribution in [3.63, 3.8) is 0 Å². The average molecular weight is 480 g/mol. The first kappa shape index (κ1) is 23.7. The lowest BCUT2D eigenvalue weighted by Crippen LogP contribution is -2.43. The van der Waals surface area contributed by atoms with E-state index in [0.29, 0.717) is 39.7 Å². The number of benzene rings is 4. The highest BCUT2D eigenvalue weighted by atomic mass is 16.2. The van der Waals surface area contributed by atoms with E-state index in [9.17, 15) is 14.4 Å². The molecule has 0 aliphatic carbocycles. The Morgan fingerprint density at radius 3 is 2.28 bits per heavy atom. The van der Waals surface area contributed by atoms with Crippen LogP contribution in [0.4, 0.5) is 5.69 Å². The van der Waals surface area contributed by atoms with Gasteiger partial charge in [0, 0.05) is 40.7 Å². The van der Waals surface area contributed by atoms with Crippen molar-refractivity contribution in [3.05, 3.63) is 89.0 Å². The third-order valence-electron chi connectivity index (χ3n) is 6.71. The number of carbonyl (C=O) groups excluding carboxylic acids is 3. The van der Waals surface area contributed by atoms with Crippen LogP contribution in [0.25, 0.3) is 21.5 Å². The van der Waals surface area contributed by atoms with E-state index in [2.05, 4.69) is 12.2 Å². The molecule has 0 saturated carbocycles. The highest BCUT2D eigenvalue weighted by Gasteiger charge is 2.34. The molecule has 0 bridgehead atoms. The Hall–Kier alpha value is -4.03. The monoisotopic (exact) mass is 479 g/mol. The molecule has 1 aliphatic heterocycles. The molecule has 0 fully saturated rings. The summed E-state index contributed by atoms with van der Waals surface area (Å²) >= 11 is 0. The van der Waals surface area contributed by atoms with E-state index in [4.69, 9.17) is 0 Å². The van der Waals surface area contributed by atoms with Crippen LogP contribution in [-0.2, 0) is 6.42 Å². The van der Waals surface area contributed by atoms with Crippen LogP contribution in [0.1, 0.15) is 50.0 Å². The van der Waals surface area contributed by atoms with Crippen LogP contribution in [0, 0.1) is 0 Å². The van der Waals surface area contributed by atoms with Crippen LogP contribution >= 0.6 is 0 Å². The molecule has 3 amide bonds. The zero-order valence-corrected chi connectivity index (χ0v) is 20.8. The summed E-state index contributed by atoms with van der Waals surface area (Å²) in [5.74, 6) is -0.857. The summed E-state index contributed by atoms with van der Waals surface area (Å²) in [4.78, 5) is 43.6. The fraction of sp³-hybridized carbons (Fsp3) is 0.233. The minimum absolute atomic E-state index is 0.241. The average Bonchev–Trinajstić information content (AvgIpc) is 2.86. The predicted octanol–water partition coefficient (Wildman–Crippen LogP) is 5.36. The maximum atomic E-state index is 13.8. The molecular formula is C30H29N3O3. The second-order valence-electron chi connectivity index (χ2n) is 9.53. The molecule has 182 valence electrons. The molecule has 6 heteroatoms. The van der Waals surface area contributed by atoms with E-state index < -0.39 is 0 Å². The van der Waals surface area contributed by atoms with E-state index in [0.717, 1.165) is 23.6 Å². The molecule has 0 unspecified atom stereocenters. The summed E-state index contributed by atoms with van der Waals surface area (Å²) in [6.07, 6.45) is 2.01. The van der Waals surface area contributed by atoms with Crippen molar-refractivity contribution in [3.8, 4) is 0 Å². The Labute approximate surface area is 210 Å². The van der Waals surface area contributed by atoms with Gasteiger partial charge in [-0.05, 0) is 67.2 Å². The van der Waals surface area contributed by atoms with Gasteiger partial charge in [0.15, 0.2) is 0 Å². The van der Waals surface area contributed by atoms with Gasteiger partial charge in [-0.25, -0.2) is 0 Å². The van der Waals surface area contributed by atoms with E-state index in [1.54, 1.807) is 6.07 Å². The fourth-order valence-electron chi connectivity index (χ4n) is 4.91. The molecule has 0 atom stereocenters. The Bertz CT molecular complexity index is 1510. The van der Waals surface area contributed by atoms with Crippen molar-refractivity contribution in [1.82, 2.24) is 9.80 Å². The number of hydrogen-bond acceptors (Lipinski definition) is 4. The molecule has 4 aromatic rings. The van der Waals surface area contributed by atoms with Crippen molar-refractivity contribution in [2.24, 2.45) is 0 Å². The fourth-order valence-corrected chi connectivity index (χ4v) is 4.91. The van der Waals surface area contributed by atoms with Gasteiger partial charge in [-0.15, -0.1) is 0 Å². The summed E-state index contributed by atoms with van der Waals surface area (Å²) in [5, 5.41) is 5.99.